The molecule has 222 valence electrons. The Morgan fingerprint density at radius 2 is 1.79 bits per heavy atom. The van der Waals surface area contributed by atoms with Crippen LogP contribution in [-0.2, 0) is 15.9 Å². The van der Waals surface area contributed by atoms with Crippen molar-refractivity contribution >= 4 is 12.0 Å². The predicted molar refractivity (Wildman–Crippen MR) is 150 cm³/mol. The first kappa shape index (κ1) is 32.8. The average molecular weight is 552 g/mol. The lowest BCUT2D eigenvalue weighted by atomic mass is 9.94. The van der Waals surface area contributed by atoms with E-state index in [1.54, 1.807) is 21.1 Å². The highest BCUT2D eigenvalue weighted by atomic mass is 16.6. The van der Waals surface area contributed by atoms with E-state index in [1.165, 1.54) is 4.90 Å². The standard InChI is InChI=1S/C29H49N3O7/c1-7-22-9-10-23(13-26(22)38-12-8-11-37-6)27(35)32(21(2)3)17-25-15-30-14-24(25)16-31(5)28(36)39-20-29(4,18-33)19-34/h9-10,13,21,24-25,30,33-34H,7-8,11-12,14-20H2,1-6H3/t24-,25-/m0/s1. The van der Waals surface area contributed by atoms with Crippen LogP contribution in [0.1, 0.15) is 50.0 Å². The van der Waals surface area contributed by atoms with Crippen LogP contribution >= 0.6 is 0 Å². The van der Waals surface area contributed by atoms with Crippen LogP contribution in [0.25, 0.3) is 0 Å². The number of aliphatic hydroxyl groups excluding tert-OH is 2. The maximum Gasteiger partial charge on any atom is 0.409 e. The Bertz CT molecular complexity index is 907. The van der Waals surface area contributed by atoms with Gasteiger partial charge < -0.3 is 39.5 Å². The fourth-order valence-corrected chi connectivity index (χ4v) is 4.57. The maximum absolute atomic E-state index is 13.7. The number of aliphatic hydroxyl groups is 2. The first-order valence-corrected chi connectivity index (χ1v) is 13.9. The van der Waals surface area contributed by atoms with Crippen LogP contribution in [0.3, 0.4) is 0 Å². The van der Waals surface area contributed by atoms with Gasteiger partial charge in [0.1, 0.15) is 12.4 Å². The average Bonchev–Trinajstić information content (AvgIpc) is 3.38. The SMILES string of the molecule is CCc1ccc(C(=O)N(C[C@@H]2CNC[C@H]2CN(C)C(=O)OCC(C)(CO)CO)C(C)C)cc1OCCCOC. The van der Waals surface area contributed by atoms with Gasteiger partial charge in [-0.3, -0.25) is 4.79 Å². The molecular formula is C29H49N3O7. The van der Waals surface area contributed by atoms with Crippen molar-refractivity contribution in [3.63, 3.8) is 0 Å². The van der Waals surface area contributed by atoms with Gasteiger partial charge in [0.2, 0.25) is 0 Å². The predicted octanol–water partition coefficient (Wildman–Crippen LogP) is 2.41. The number of benzene rings is 1. The van der Waals surface area contributed by atoms with Crippen LogP contribution in [0.4, 0.5) is 4.79 Å². The van der Waals surface area contributed by atoms with Crippen molar-refractivity contribution in [3.8, 4) is 5.75 Å². The first-order chi connectivity index (χ1) is 18.6. The second kappa shape index (κ2) is 16.0. The second-order valence-electron chi connectivity index (χ2n) is 11.2. The summed E-state index contributed by atoms with van der Waals surface area (Å²) >= 11 is 0. The Morgan fingerprint density at radius 3 is 2.38 bits per heavy atom. The van der Waals surface area contributed by atoms with Gasteiger partial charge in [-0.1, -0.05) is 19.9 Å². The highest BCUT2D eigenvalue weighted by Crippen LogP contribution is 2.26. The number of methoxy groups -OCH3 is 1. The van der Waals surface area contributed by atoms with Gasteiger partial charge in [-0.05, 0) is 49.8 Å². The molecular weight excluding hydrogens is 502 g/mol. The van der Waals surface area contributed by atoms with Gasteiger partial charge in [-0.15, -0.1) is 0 Å². The van der Waals surface area contributed by atoms with E-state index >= 15 is 0 Å². The Labute approximate surface area is 233 Å². The number of carbonyl (C=O) groups excluding carboxylic acids is 2. The van der Waals surface area contributed by atoms with Crippen LogP contribution < -0.4 is 10.1 Å². The molecule has 0 bridgehead atoms. The van der Waals surface area contributed by atoms with Gasteiger partial charge in [0.25, 0.3) is 5.91 Å². The van der Waals surface area contributed by atoms with Crippen molar-refractivity contribution in [3.05, 3.63) is 29.3 Å². The molecule has 0 unspecified atom stereocenters. The van der Waals surface area contributed by atoms with Gasteiger partial charge in [0, 0.05) is 70.4 Å². The van der Waals surface area contributed by atoms with Crippen molar-refractivity contribution in [2.24, 2.45) is 17.3 Å². The zero-order valence-electron chi connectivity index (χ0n) is 24.6. The molecule has 1 aromatic carbocycles. The molecule has 39 heavy (non-hydrogen) atoms. The molecule has 10 nitrogen and oxygen atoms in total. The molecule has 10 heteroatoms. The fraction of sp³-hybridized carbons (Fsp3) is 0.724. The van der Waals surface area contributed by atoms with Crippen LogP contribution in [0, 0.1) is 17.3 Å². The summed E-state index contributed by atoms with van der Waals surface area (Å²) in [6.45, 7) is 10.8. The van der Waals surface area contributed by atoms with E-state index in [4.69, 9.17) is 14.2 Å². The monoisotopic (exact) mass is 551 g/mol. The minimum absolute atomic E-state index is 0.00647. The van der Waals surface area contributed by atoms with E-state index in [0.717, 1.165) is 37.2 Å². The normalized spacial score (nSPS) is 17.4. The Hall–Kier alpha value is -2.40. The van der Waals surface area contributed by atoms with Crippen molar-refractivity contribution < 1.29 is 34.0 Å². The van der Waals surface area contributed by atoms with Gasteiger partial charge >= 0.3 is 6.09 Å². The molecule has 0 aliphatic carbocycles. The Balaban J connectivity index is 2.06. The van der Waals surface area contributed by atoms with Crippen molar-refractivity contribution in [1.29, 1.82) is 0 Å². The van der Waals surface area contributed by atoms with Gasteiger partial charge in [0.15, 0.2) is 0 Å². The third-order valence-corrected chi connectivity index (χ3v) is 7.37. The lowest BCUT2D eigenvalue weighted by Crippen LogP contribution is -2.44. The molecule has 0 saturated carbocycles. The number of ether oxygens (including phenoxy) is 3. The number of amides is 2. The van der Waals surface area contributed by atoms with Crippen molar-refractivity contribution in [2.75, 3.05) is 73.4 Å². The molecule has 2 atom stereocenters. The molecule has 1 saturated heterocycles. The number of aryl methyl sites for hydroxylation is 1. The molecule has 2 rings (SSSR count). The van der Waals surface area contributed by atoms with Crippen molar-refractivity contribution in [2.45, 2.75) is 46.6 Å². The molecule has 0 radical (unpaired) electrons. The van der Waals surface area contributed by atoms with E-state index in [1.807, 2.05) is 36.9 Å². The summed E-state index contributed by atoms with van der Waals surface area (Å²) < 4.78 is 16.4. The molecule has 1 aromatic rings. The van der Waals surface area contributed by atoms with Gasteiger partial charge in [-0.2, -0.15) is 0 Å². The summed E-state index contributed by atoms with van der Waals surface area (Å²) in [6.07, 6.45) is 1.09. The molecule has 1 fully saturated rings. The zero-order valence-corrected chi connectivity index (χ0v) is 24.6. The molecule has 0 spiro atoms. The fourth-order valence-electron chi connectivity index (χ4n) is 4.57. The van der Waals surface area contributed by atoms with E-state index in [-0.39, 0.29) is 43.6 Å². The maximum atomic E-state index is 13.7. The molecule has 2 amide bonds. The van der Waals surface area contributed by atoms with E-state index in [0.29, 0.717) is 31.9 Å². The Kier molecular flexibility index (Phi) is 13.5. The minimum atomic E-state index is -0.879. The summed E-state index contributed by atoms with van der Waals surface area (Å²) in [5.74, 6) is 0.995. The summed E-state index contributed by atoms with van der Waals surface area (Å²) in [7, 11) is 3.35. The number of rotatable bonds is 16. The largest absolute Gasteiger partial charge is 0.493 e. The minimum Gasteiger partial charge on any atom is -0.493 e. The molecule has 3 N–H and O–H groups in total. The smallest absolute Gasteiger partial charge is 0.409 e. The first-order valence-electron chi connectivity index (χ1n) is 13.9. The molecule has 1 heterocycles. The second-order valence-corrected chi connectivity index (χ2v) is 11.2. The summed E-state index contributed by atoms with van der Waals surface area (Å²) in [6, 6.07) is 5.69. The molecule has 1 aliphatic rings. The zero-order chi connectivity index (χ0) is 29.0. The number of nitrogens with zero attached hydrogens (tertiary/aromatic N) is 2. The topological polar surface area (TPSA) is 121 Å². The summed E-state index contributed by atoms with van der Waals surface area (Å²) in [5.41, 5.74) is 0.783. The highest BCUT2D eigenvalue weighted by Gasteiger charge is 2.34. The third kappa shape index (κ3) is 9.63. The van der Waals surface area contributed by atoms with Crippen molar-refractivity contribution in [1.82, 2.24) is 15.1 Å². The molecule has 0 aromatic heterocycles. The van der Waals surface area contributed by atoms with Crippen LogP contribution in [0.2, 0.25) is 0 Å². The summed E-state index contributed by atoms with van der Waals surface area (Å²) in [4.78, 5) is 29.7. The summed E-state index contributed by atoms with van der Waals surface area (Å²) in [5, 5.41) is 22.3. The van der Waals surface area contributed by atoms with E-state index in [2.05, 4.69) is 12.2 Å². The number of hydrogen-bond acceptors (Lipinski definition) is 8. The van der Waals surface area contributed by atoms with Crippen LogP contribution in [-0.4, -0.2) is 111 Å². The highest BCUT2D eigenvalue weighted by molar-refractivity contribution is 5.95. The van der Waals surface area contributed by atoms with Crippen LogP contribution in [0.15, 0.2) is 18.2 Å². The van der Waals surface area contributed by atoms with Crippen LogP contribution in [0.5, 0.6) is 5.75 Å². The quantitative estimate of drug-likeness (QED) is 0.268. The van der Waals surface area contributed by atoms with E-state index < -0.39 is 11.5 Å². The lowest BCUT2D eigenvalue weighted by molar-refractivity contribution is 0.000486. The number of nitrogens with one attached hydrogen (secondary N) is 1. The van der Waals surface area contributed by atoms with Gasteiger partial charge in [-0.25, -0.2) is 4.79 Å². The lowest BCUT2D eigenvalue weighted by Gasteiger charge is -2.33. The Morgan fingerprint density at radius 1 is 1.13 bits per heavy atom. The number of hydrogen-bond donors (Lipinski definition) is 3. The number of carbonyl (C=O) groups is 2. The third-order valence-electron chi connectivity index (χ3n) is 7.37. The van der Waals surface area contributed by atoms with Gasteiger partial charge in [0.05, 0.1) is 19.8 Å². The van der Waals surface area contributed by atoms with E-state index in [9.17, 15) is 19.8 Å². The molecule has 1 aliphatic heterocycles.